The highest BCUT2D eigenvalue weighted by Gasteiger charge is 2.41. The zero-order chi connectivity index (χ0) is 12.1. The van der Waals surface area contributed by atoms with E-state index in [-0.39, 0.29) is 5.60 Å². The van der Waals surface area contributed by atoms with Gasteiger partial charge in [0.15, 0.2) is 0 Å². The number of ether oxygens (including phenoxy) is 1. The molecule has 2 rings (SSSR count). The van der Waals surface area contributed by atoms with Crippen LogP contribution in [0.15, 0.2) is 0 Å². The van der Waals surface area contributed by atoms with E-state index in [0.29, 0.717) is 11.5 Å². The summed E-state index contributed by atoms with van der Waals surface area (Å²) in [5, 5.41) is 3.82. The van der Waals surface area contributed by atoms with Crippen LogP contribution in [0.5, 0.6) is 0 Å². The predicted molar refractivity (Wildman–Crippen MR) is 72.7 cm³/mol. The lowest BCUT2D eigenvalue weighted by atomic mass is 9.98. The van der Waals surface area contributed by atoms with E-state index >= 15 is 0 Å². The van der Waals surface area contributed by atoms with Crippen molar-refractivity contribution in [3.05, 3.63) is 0 Å². The van der Waals surface area contributed by atoms with E-state index < -0.39 is 0 Å². The third kappa shape index (κ3) is 3.84. The second-order valence-corrected chi connectivity index (χ2v) is 6.28. The van der Waals surface area contributed by atoms with E-state index in [1.165, 1.54) is 38.5 Å². The van der Waals surface area contributed by atoms with Crippen LogP contribution in [0.3, 0.4) is 0 Å². The molecule has 2 aliphatic rings. The van der Waals surface area contributed by atoms with Crippen LogP contribution in [0.25, 0.3) is 0 Å². The minimum atomic E-state index is 0.283. The van der Waals surface area contributed by atoms with Gasteiger partial charge < -0.3 is 10.1 Å². The van der Waals surface area contributed by atoms with Gasteiger partial charge >= 0.3 is 0 Å². The van der Waals surface area contributed by atoms with E-state index in [0.717, 1.165) is 25.9 Å². The number of hydrogen-bond donors (Lipinski definition) is 1. The molecule has 1 aliphatic heterocycles. The van der Waals surface area contributed by atoms with Gasteiger partial charge in [-0.2, -0.15) is 0 Å². The quantitative estimate of drug-likeness (QED) is 0.583. The summed E-state index contributed by atoms with van der Waals surface area (Å²) in [4.78, 5) is 0. The monoisotopic (exact) mass is 259 g/mol. The van der Waals surface area contributed by atoms with Gasteiger partial charge in [-0.05, 0) is 45.1 Å². The van der Waals surface area contributed by atoms with Crippen LogP contribution in [-0.2, 0) is 4.74 Å². The number of nitrogens with one attached hydrogen (secondary N) is 1. The van der Waals surface area contributed by atoms with Crippen LogP contribution >= 0.6 is 11.6 Å². The second-order valence-electron chi connectivity index (χ2n) is 5.67. The minimum absolute atomic E-state index is 0.283. The van der Waals surface area contributed by atoms with E-state index in [1.54, 1.807) is 0 Å². The van der Waals surface area contributed by atoms with E-state index in [2.05, 4.69) is 12.2 Å². The largest absolute Gasteiger partial charge is 0.370 e. The summed E-state index contributed by atoms with van der Waals surface area (Å²) in [5.74, 6) is 0. The van der Waals surface area contributed by atoms with Crippen LogP contribution in [0, 0.1) is 0 Å². The molecule has 100 valence electrons. The molecule has 0 radical (unpaired) electrons. The maximum Gasteiger partial charge on any atom is 0.0708 e. The SMILES string of the molecule is CCC(Cl)CCNCC1CCC2(CCCC2)O1. The Balaban J connectivity index is 1.58. The first-order chi connectivity index (χ1) is 8.24. The van der Waals surface area contributed by atoms with Gasteiger partial charge in [0.2, 0.25) is 0 Å². The summed E-state index contributed by atoms with van der Waals surface area (Å²) in [6.45, 7) is 4.17. The topological polar surface area (TPSA) is 21.3 Å². The molecule has 0 aromatic carbocycles. The summed E-state index contributed by atoms with van der Waals surface area (Å²) < 4.78 is 6.25. The van der Waals surface area contributed by atoms with Crippen molar-refractivity contribution in [1.29, 1.82) is 0 Å². The molecule has 0 bridgehead atoms. The molecule has 17 heavy (non-hydrogen) atoms. The molecular formula is C14H26ClNO. The van der Waals surface area contributed by atoms with Gasteiger partial charge in [0.25, 0.3) is 0 Å². The lowest BCUT2D eigenvalue weighted by molar-refractivity contribution is -0.0350. The first kappa shape index (κ1) is 13.6. The molecular weight excluding hydrogens is 234 g/mol. The van der Waals surface area contributed by atoms with Crippen molar-refractivity contribution in [3.8, 4) is 0 Å². The molecule has 1 heterocycles. The summed E-state index contributed by atoms with van der Waals surface area (Å²) in [7, 11) is 0. The summed E-state index contributed by atoms with van der Waals surface area (Å²) in [5.41, 5.74) is 0.283. The van der Waals surface area contributed by atoms with Gasteiger partial charge in [-0.25, -0.2) is 0 Å². The highest BCUT2D eigenvalue weighted by molar-refractivity contribution is 6.20. The normalized spacial score (nSPS) is 28.9. The molecule has 1 saturated carbocycles. The fourth-order valence-corrected chi connectivity index (χ4v) is 3.26. The molecule has 1 saturated heterocycles. The van der Waals surface area contributed by atoms with Crippen molar-refractivity contribution >= 4 is 11.6 Å². The van der Waals surface area contributed by atoms with Crippen LogP contribution in [0.2, 0.25) is 0 Å². The van der Waals surface area contributed by atoms with Crippen LogP contribution in [0.4, 0.5) is 0 Å². The lowest BCUT2D eigenvalue weighted by Gasteiger charge is -2.24. The van der Waals surface area contributed by atoms with Crippen LogP contribution in [0.1, 0.15) is 58.3 Å². The van der Waals surface area contributed by atoms with E-state index in [9.17, 15) is 0 Å². The number of hydrogen-bond acceptors (Lipinski definition) is 2. The van der Waals surface area contributed by atoms with Gasteiger partial charge in [-0.3, -0.25) is 0 Å². The van der Waals surface area contributed by atoms with E-state index in [1.807, 2.05) is 0 Å². The van der Waals surface area contributed by atoms with Gasteiger partial charge in [-0.1, -0.05) is 19.8 Å². The molecule has 1 N–H and O–H groups in total. The van der Waals surface area contributed by atoms with Crippen LogP contribution in [-0.4, -0.2) is 30.2 Å². The predicted octanol–water partition coefficient (Wildman–Crippen LogP) is 3.48. The van der Waals surface area contributed by atoms with Crippen molar-refractivity contribution in [3.63, 3.8) is 0 Å². The molecule has 2 unspecified atom stereocenters. The summed E-state index contributed by atoms with van der Waals surface area (Å²) in [6.07, 6.45) is 10.4. The second kappa shape index (κ2) is 6.40. The van der Waals surface area contributed by atoms with Crippen LogP contribution < -0.4 is 5.32 Å². The third-order valence-corrected chi connectivity index (χ3v) is 4.83. The molecule has 3 heteroatoms. The fraction of sp³-hybridized carbons (Fsp3) is 1.00. The Hall–Kier alpha value is 0.210. The van der Waals surface area contributed by atoms with Gasteiger partial charge in [-0.15, -0.1) is 11.6 Å². The van der Waals surface area contributed by atoms with Gasteiger partial charge in [0, 0.05) is 11.9 Å². The first-order valence-corrected chi connectivity index (χ1v) is 7.70. The first-order valence-electron chi connectivity index (χ1n) is 7.27. The van der Waals surface area contributed by atoms with Gasteiger partial charge in [0.05, 0.1) is 11.7 Å². The average Bonchev–Trinajstić information content (AvgIpc) is 2.96. The number of alkyl halides is 1. The Morgan fingerprint density at radius 1 is 1.35 bits per heavy atom. The Kier molecular flexibility index (Phi) is 5.13. The highest BCUT2D eigenvalue weighted by atomic mass is 35.5. The summed E-state index contributed by atoms with van der Waals surface area (Å²) in [6, 6.07) is 0. The maximum atomic E-state index is 6.25. The fourth-order valence-electron chi connectivity index (χ4n) is 3.15. The number of halogens is 1. The van der Waals surface area contributed by atoms with Crippen molar-refractivity contribution in [2.45, 2.75) is 75.4 Å². The molecule has 1 spiro atoms. The smallest absolute Gasteiger partial charge is 0.0708 e. The van der Waals surface area contributed by atoms with Crippen molar-refractivity contribution in [2.75, 3.05) is 13.1 Å². The van der Waals surface area contributed by atoms with Crippen molar-refractivity contribution in [1.82, 2.24) is 5.32 Å². The standard InChI is InChI=1S/C14H26ClNO/c1-2-12(15)6-10-16-11-13-5-9-14(17-13)7-3-4-8-14/h12-13,16H,2-11H2,1H3. The Bertz CT molecular complexity index is 228. The number of rotatable bonds is 6. The molecule has 2 atom stereocenters. The Morgan fingerprint density at radius 3 is 2.82 bits per heavy atom. The maximum absolute atomic E-state index is 6.25. The molecule has 2 nitrogen and oxygen atoms in total. The van der Waals surface area contributed by atoms with Gasteiger partial charge in [0.1, 0.15) is 0 Å². The zero-order valence-corrected chi connectivity index (χ0v) is 11.8. The average molecular weight is 260 g/mol. The molecule has 1 aliphatic carbocycles. The zero-order valence-electron chi connectivity index (χ0n) is 11.0. The third-order valence-electron chi connectivity index (χ3n) is 4.30. The highest BCUT2D eigenvalue weighted by Crippen LogP contribution is 2.43. The Labute approximate surface area is 110 Å². The van der Waals surface area contributed by atoms with Crippen molar-refractivity contribution < 1.29 is 4.74 Å². The molecule has 0 amide bonds. The minimum Gasteiger partial charge on any atom is -0.370 e. The molecule has 2 fully saturated rings. The summed E-state index contributed by atoms with van der Waals surface area (Å²) >= 11 is 6.09. The molecule has 0 aromatic heterocycles. The Morgan fingerprint density at radius 2 is 2.12 bits per heavy atom. The molecule has 0 aromatic rings. The van der Waals surface area contributed by atoms with Crippen molar-refractivity contribution in [2.24, 2.45) is 0 Å². The lowest BCUT2D eigenvalue weighted by Crippen LogP contribution is -2.32. The van der Waals surface area contributed by atoms with E-state index in [4.69, 9.17) is 16.3 Å².